The zero-order valence-electron chi connectivity index (χ0n) is 17.1. The first kappa shape index (κ1) is 22.1. The summed E-state index contributed by atoms with van der Waals surface area (Å²) in [7, 11) is 1.56. The van der Waals surface area contributed by atoms with Crippen molar-refractivity contribution in [2.45, 2.75) is 20.3 Å². The van der Waals surface area contributed by atoms with Gasteiger partial charge < -0.3 is 24.4 Å². The summed E-state index contributed by atoms with van der Waals surface area (Å²) in [5, 5.41) is 2.77. The van der Waals surface area contributed by atoms with Gasteiger partial charge >= 0.3 is 0 Å². The van der Waals surface area contributed by atoms with Crippen LogP contribution in [-0.4, -0.2) is 50.1 Å². The predicted molar refractivity (Wildman–Crippen MR) is 112 cm³/mol. The molecule has 0 atom stereocenters. The zero-order chi connectivity index (χ0) is 21.1. The fourth-order valence-electron chi connectivity index (χ4n) is 2.54. The summed E-state index contributed by atoms with van der Waals surface area (Å²) in [5.41, 5.74) is 0.611. The van der Waals surface area contributed by atoms with Crippen LogP contribution < -0.4 is 19.5 Å². The Kier molecular flexibility index (Phi) is 8.82. The number of nitrogens with zero attached hydrogens (tertiary/aromatic N) is 1. The van der Waals surface area contributed by atoms with Crippen molar-refractivity contribution in [1.29, 1.82) is 0 Å². The van der Waals surface area contributed by atoms with E-state index in [9.17, 15) is 9.59 Å². The van der Waals surface area contributed by atoms with Crippen LogP contribution in [0, 0.1) is 0 Å². The third kappa shape index (κ3) is 7.37. The van der Waals surface area contributed by atoms with Crippen molar-refractivity contribution < 1.29 is 23.8 Å². The second-order valence-corrected chi connectivity index (χ2v) is 6.30. The van der Waals surface area contributed by atoms with Crippen LogP contribution >= 0.6 is 0 Å². The van der Waals surface area contributed by atoms with Crippen LogP contribution in [0.3, 0.4) is 0 Å². The molecule has 2 aromatic carbocycles. The summed E-state index contributed by atoms with van der Waals surface area (Å²) in [6, 6.07) is 14.2. The highest BCUT2D eigenvalue weighted by atomic mass is 16.5. The zero-order valence-corrected chi connectivity index (χ0v) is 17.1. The third-order valence-corrected chi connectivity index (χ3v) is 4.08. The van der Waals surface area contributed by atoms with E-state index in [1.165, 1.54) is 4.90 Å². The lowest BCUT2D eigenvalue weighted by atomic mass is 10.3. The van der Waals surface area contributed by atoms with Crippen molar-refractivity contribution >= 4 is 17.5 Å². The average molecular weight is 400 g/mol. The monoisotopic (exact) mass is 400 g/mol. The van der Waals surface area contributed by atoms with Gasteiger partial charge in [-0.15, -0.1) is 0 Å². The number of nitrogens with one attached hydrogen (secondary N) is 1. The number of carbonyl (C=O) groups excluding carboxylic acids is 2. The highest BCUT2D eigenvalue weighted by Crippen LogP contribution is 2.18. The molecule has 7 heteroatoms. The quantitative estimate of drug-likeness (QED) is 0.626. The molecule has 0 aliphatic rings. The maximum Gasteiger partial charge on any atom is 0.260 e. The first-order valence-electron chi connectivity index (χ1n) is 9.63. The molecule has 1 N–H and O–H groups in total. The molecule has 0 saturated carbocycles. The number of ether oxygens (including phenoxy) is 3. The molecule has 0 radical (unpaired) electrons. The molecule has 2 rings (SSSR count). The largest absolute Gasteiger partial charge is 0.497 e. The van der Waals surface area contributed by atoms with Gasteiger partial charge in [0.05, 0.1) is 20.3 Å². The molecule has 29 heavy (non-hydrogen) atoms. The van der Waals surface area contributed by atoms with E-state index in [2.05, 4.69) is 5.32 Å². The van der Waals surface area contributed by atoms with Gasteiger partial charge in [-0.2, -0.15) is 0 Å². The van der Waals surface area contributed by atoms with Gasteiger partial charge in [0.15, 0.2) is 6.61 Å². The molecule has 0 fully saturated rings. The van der Waals surface area contributed by atoms with Crippen molar-refractivity contribution in [3.63, 3.8) is 0 Å². The van der Waals surface area contributed by atoms with Crippen molar-refractivity contribution in [2.24, 2.45) is 0 Å². The van der Waals surface area contributed by atoms with Crippen molar-refractivity contribution in [1.82, 2.24) is 4.90 Å². The van der Waals surface area contributed by atoms with Gasteiger partial charge in [0.2, 0.25) is 5.91 Å². The number of benzene rings is 2. The Labute approximate surface area is 171 Å². The van der Waals surface area contributed by atoms with E-state index in [0.717, 1.165) is 12.2 Å². The first-order valence-corrected chi connectivity index (χ1v) is 9.63. The van der Waals surface area contributed by atoms with E-state index >= 15 is 0 Å². The Morgan fingerprint density at radius 2 is 1.66 bits per heavy atom. The van der Waals surface area contributed by atoms with E-state index in [0.29, 0.717) is 30.3 Å². The minimum Gasteiger partial charge on any atom is -0.497 e. The Bertz CT molecular complexity index is 792. The van der Waals surface area contributed by atoms with Gasteiger partial charge in [0.25, 0.3) is 5.91 Å². The highest BCUT2D eigenvalue weighted by molar-refractivity contribution is 5.94. The van der Waals surface area contributed by atoms with Gasteiger partial charge in [-0.05, 0) is 49.7 Å². The van der Waals surface area contributed by atoms with Gasteiger partial charge in [-0.1, -0.05) is 13.0 Å². The van der Waals surface area contributed by atoms with Crippen LogP contribution in [0.4, 0.5) is 5.69 Å². The molecule has 0 saturated heterocycles. The van der Waals surface area contributed by atoms with Gasteiger partial charge in [-0.3, -0.25) is 9.59 Å². The Morgan fingerprint density at radius 1 is 0.966 bits per heavy atom. The smallest absolute Gasteiger partial charge is 0.260 e. The summed E-state index contributed by atoms with van der Waals surface area (Å²) in [4.78, 5) is 26.1. The molecular formula is C22H28N2O5. The number of carbonyl (C=O) groups is 2. The van der Waals surface area contributed by atoms with Gasteiger partial charge in [0.1, 0.15) is 17.2 Å². The van der Waals surface area contributed by atoms with Crippen LogP contribution in [0.5, 0.6) is 17.2 Å². The Hall–Kier alpha value is -3.22. The number of likely N-dealkylation sites (N-methyl/N-ethyl adjacent to an activating group) is 1. The summed E-state index contributed by atoms with van der Waals surface area (Å²) in [5.74, 6) is 1.42. The molecule has 2 amide bonds. The molecule has 0 heterocycles. The number of amides is 2. The molecule has 2 aromatic rings. The number of methoxy groups -OCH3 is 1. The first-order chi connectivity index (χ1) is 14.0. The number of hydrogen-bond acceptors (Lipinski definition) is 5. The molecule has 7 nitrogen and oxygen atoms in total. The third-order valence-electron chi connectivity index (χ3n) is 4.08. The highest BCUT2D eigenvalue weighted by Gasteiger charge is 2.16. The van der Waals surface area contributed by atoms with Crippen LogP contribution in [-0.2, 0) is 9.59 Å². The number of rotatable bonds is 11. The van der Waals surface area contributed by atoms with Crippen LogP contribution in [0.1, 0.15) is 20.3 Å². The predicted octanol–water partition coefficient (Wildman–Crippen LogP) is 3.35. The Morgan fingerprint density at radius 3 is 2.28 bits per heavy atom. The van der Waals surface area contributed by atoms with Crippen LogP contribution in [0.2, 0.25) is 0 Å². The second kappa shape index (κ2) is 11.6. The second-order valence-electron chi connectivity index (χ2n) is 6.30. The minimum absolute atomic E-state index is 0.0559. The topological polar surface area (TPSA) is 77.1 Å². The summed E-state index contributed by atoms with van der Waals surface area (Å²) in [6.07, 6.45) is 0.936. The summed E-state index contributed by atoms with van der Waals surface area (Å²) in [6.45, 7) is 4.71. The van der Waals surface area contributed by atoms with Gasteiger partial charge in [-0.25, -0.2) is 0 Å². The van der Waals surface area contributed by atoms with Crippen molar-refractivity contribution in [3.05, 3.63) is 48.5 Å². The van der Waals surface area contributed by atoms with Crippen molar-refractivity contribution in [2.75, 3.05) is 38.7 Å². The summed E-state index contributed by atoms with van der Waals surface area (Å²) < 4.78 is 16.2. The van der Waals surface area contributed by atoms with Crippen molar-refractivity contribution in [3.8, 4) is 17.2 Å². The minimum atomic E-state index is -0.286. The summed E-state index contributed by atoms with van der Waals surface area (Å²) >= 11 is 0. The fourth-order valence-corrected chi connectivity index (χ4v) is 2.54. The van der Waals surface area contributed by atoms with E-state index < -0.39 is 0 Å². The lowest BCUT2D eigenvalue weighted by Crippen LogP contribution is -2.40. The molecule has 0 unspecified atom stereocenters. The molecule has 0 aromatic heterocycles. The number of hydrogen-bond donors (Lipinski definition) is 1. The SMILES string of the molecule is CCCOc1ccc(OCC(=O)N(CC)CC(=O)Nc2cccc(OC)c2)cc1. The normalized spacial score (nSPS) is 10.2. The van der Waals surface area contributed by atoms with E-state index in [1.54, 1.807) is 55.6 Å². The molecule has 0 aliphatic carbocycles. The van der Waals surface area contributed by atoms with E-state index in [1.807, 2.05) is 13.8 Å². The lowest BCUT2D eigenvalue weighted by molar-refractivity contribution is -0.136. The average Bonchev–Trinajstić information content (AvgIpc) is 2.75. The molecule has 156 valence electrons. The lowest BCUT2D eigenvalue weighted by Gasteiger charge is -2.20. The Balaban J connectivity index is 1.83. The van der Waals surface area contributed by atoms with Crippen LogP contribution in [0.15, 0.2) is 48.5 Å². The molecular weight excluding hydrogens is 372 g/mol. The molecule has 0 spiro atoms. The van der Waals surface area contributed by atoms with Gasteiger partial charge in [0, 0.05) is 18.3 Å². The maximum absolute atomic E-state index is 12.4. The maximum atomic E-state index is 12.4. The number of anilines is 1. The van der Waals surface area contributed by atoms with E-state index in [-0.39, 0.29) is 25.0 Å². The molecule has 0 aliphatic heterocycles. The van der Waals surface area contributed by atoms with Crippen LogP contribution in [0.25, 0.3) is 0 Å². The fraction of sp³-hybridized carbons (Fsp3) is 0.364. The standard InChI is InChI=1S/C22H28N2O5/c1-4-13-28-18-9-11-19(12-10-18)29-16-22(26)24(5-2)15-21(25)23-17-7-6-8-20(14-17)27-3/h6-12,14H,4-5,13,15-16H2,1-3H3,(H,23,25). The van der Waals surface area contributed by atoms with E-state index in [4.69, 9.17) is 14.2 Å². The molecule has 0 bridgehead atoms.